The fourth-order valence-electron chi connectivity index (χ4n) is 2.35. The van der Waals surface area contributed by atoms with Crippen molar-refractivity contribution >= 4 is 22.4 Å². The highest BCUT2D eigenvalue weighted by Crippen LogP contribution is 2.31. The Hall–Kier alpha value is -3.01. The second-order valence-corrected chi connectivity index (χ2v) is 6.94. The van der Waals surface area contributed by atoms with Crippen molar-refractivity contribution in [3.05, 3.63) is 35.1 Å². The molecule has 0 bridgehead atoms. The molecule has 0 spiro atoms. The monoisotopic (exact) mass is 372 g/mol. The smallest absolute Gasteiger partial charge is 0.279 e. The van der Waals surface area contributed by atoms with Crippen LogP contribution in [0.1, 0.15) is 35.3 Å². The van der Waals surface area contributed by atoms with E-state index in [2.05, 4.69) is 25.8 Å². The summed E-state index contributed by atoms with van der Waals surface area (Å²) < 4.78 is 12.6. The van der Waals surface area contributed by atoms with E-state index >= 15 is 0 Å². The third-order valence-corrected chi connectivity index (χ3v) is 4.81. The minimum atomic E-state index is -0.389. The van der Waals surface area contributed by atoms with E-state index in [9.17, 15) is 4.79 Å². The maximum absolute atomic E-state index is 12.3. The van der Waals surface area contributed by atoms with Gasteiger partial charge in [0, 0.05) is 12.0 Å². The van der Waals surface area contributed by atoms with Crippen molar-refractivity contribution in [2.24, 2.45) is 0 Å². The van der Waals surface area contributed by atoms with Crippen molar-refractivity contribution in [3.63, 3.8) is 0 Å². The summed E-state index contributed by atoms with van der Waals surface area (Å²) in [5.74, 6) is 1.20. The first-order valence-corrected chi connectivity index (χ1v) is 8.89. The largest absolute Gasteiger partial charge is 0.486 e. The van der Waals surface area contributed by atoms with Gasteiger partial charge in [0.25, 0.3) is 5.91 Å². The summed E-state index contributed by atoms with van der Waals surface area (Å²) in [6, 6.07) is 5.42. The number of benzene rings is 1. The molecule has 1 amide bonds. The first kappa shape index (κ1) is 16.5. The van der Waals surface area contributed by atoms with E-state index in [0.29, 0.717) is 29.8 Å². The zero-order valence-corrected chi connectivity index (χ0v) is 15.0. The van der Waals surface area contributed by atoms with Gasteiger partial charge in [-0.25, -0.2) is 4.68 Å². The van der Waals surface area contributed by atoms with Gasteiger partial charge < -0.3 is 9.47 Å². The Morgan fingerprint density at radius 2 is 2.00 bits per heavy atom. The van der Waals surface area contributed by atoms with Gasteiger partial charge >= 0.3 is 0 Å². The molecule has 0 saturated carbocycles. The summed E-state index contributed by atoms with van der Waals surface area (Å²) in [4.78, 5) is 12.3. The second-order valence-electron chi connectivity index (χ2n) is 5.93. The van der Waals surface area contributed by atoms with Crippen LogP contribution in [0.25, 0.3) is 5.69 Å². The molecule has 0 unspecified atom stereocenters. The van der Waals surface area contributed by atoms with Gasteiger partial charge in [-0.3, -0.25) is 10.1 Å². The number of carbonyl (C=O) groups excluding carboxylic acids is 1. The highest BCUT2D eigenvalue weighted by molar-refractivity contribution is 7.15. The van der Waals surface area contributed by atoms with Crippen molar-refractivity contribution in [3.8, 4) is 17.2 Å². The molecular formula is C16H16N6O3S. The minimum Gasteiger partial charge on any atom is -0.486 e. The molecule has 9 nitrogen and oxygen atoms in total. The number of carbonyl (C=O) groups is 1. The zero-order chi connectivity index (χ0) is 18.1. The third-order valence-electron chi connectivity index (χ3n) is 3.67. The lowest BCUT2D eigenvalue weighted by Crippen LogP contribution is -2.15. The summed E-state index contributed by atoms with van der Waals surface area (Å²) in [7, 11) is 0. The Kier molecular flexibility index (Phi) is 4.25. The van der Waals surface area contributed by atoms with E-state index in [1.165, 1.54) is 16.0 Å². The summed E-state index contributed by atoms with van der Waals surface area (Å²) in [5, 5.41) is 19.9. The van der Waals surface area contributed by atoms with Crippen molar-refractivity contribution in [2.75, 3.05) is 18.5 Å². The van der Waals surface area contributed by atoms with Crippen LogP contribution >= 0.6 is 11.3 Å². The SMILES string of the molecule is CC(C)c1nnc(NC(=O)c2cn(-c3ccc4c(c3)OCCO4)nn2)s1. The molecule has 3 aromatic rings. The van der Waals surface area contributed by atoms with Gasteiger partial charge in [0.2, 0.25) is 5.13 Å². The summed E-state index contributed by atoms with van der Waals surface area (Å²) in [5.41, 5.74) is 0.903. The van der Waals surface area contributed by atoms with Crippen LogP contribution < -0.4 is 14.8 Å². The molecule has 0 aliphatic carbocycles. The van der Waals surface area contributed by atoms with Gasteiger partial charge in [0.15, 0.2) is 17.2 Å². The van der Waals surface area contributed by atoms with Crippen molar-refractivity contribution in [1.82, 2.24) is 25.2 Å². The van der Waals surface area contributed by atoms with Crippen LogP contribution in [-0.2, 0) is 0 Å². The number of rotatable bonds is 4. The molecule has 10 heteroatoms. The molecule has 1 aliphatic rings. The number of hydrogen-bond donors (Lipinski definition) is 1. The molecule has 0 saturated heterocycles. The van der Waals surface area contributed by atoms with Crippen molar-refractivity contribution in [1.29, 1.82) is 0 Å². The molecule has 3 heterocycles. The van der Waals surface area contributed by atoms with Gasteiger partial charge in [0.1, 0.15) is 18.2 Å². The van der Waals surface area contributed by atoms with E-state index in [-0.39, 0.29) is 17.5 Å². The van der Waals surface area contributed by atoms with Crippen LogP contribution in [0.3, 0.4) is 0 Å². The van der Waals surface area contributed by atoms with Crippen molar-refractivity contribution < 1.29 is 14.3 Å². The van der Waals surface area contributed by atoms with Gasteiger partial charge in [0.05, 0.1) is 11.9 Å². The summed E-state index contributed by atoms with van der Waals surface area (Å²) >= 11 is 1.34. The molecule has 134 valence electrons. The summed E-state index contributed by atoms with van der Waals surface area (Å²) in [6.45, 7) is 5.07. The van der Waals surface area contributed by atoms with E-state index in [0.717, 1.165) is 10.7 Å². The Bertz CT molecular complexity index is 951. The van der Waals surface area contributed by atoms with Crippen LogP contribution in [0.2, 0.25) is 0 Å². The normalized spacial score (nSPS) is 13.0. The van der Waals surface area contributed by atoms with Gasteiger partial charge in [-0.1, -0.05) is 30.4 Å². The minimum absolute atomic E-state index is 0.182. The molecule has 4 rings (SSSR count). The third kappa shape index (κ3) is 3.23. The average Bonchev–Trinajstić information content (AvgIpc) is 3.31. The summed E-state index contributed by atoms with van der Waals surface area (Å²) in [6.07, 6.45) is 1.55. The van der Waals surface area contributed by atoms with E-state index in [1.54, 1.807) is 18.3 Å². The van der Waals surface area contributed by atoms with Gasteiger partial charge in [-0.2, -0.15) is 0 Å². The maximum atomic E-state index is 12.3. The molecule has 1 aliphatic heterocycles. The molecule has 1 aromatic carbocycles. The predicted molar refractivity (Wildman–Crippen MR) is 94.3 cm³/mol. The fourth-order valence-corrected chi connectivity index (χ4v) is 3.09. The molecule has 0 radical (unpaired) electrons. The van der Waals surface area contributed by atoms with E-state index in [1.807, 2.05) is 19.9 Å². The first-order valence-electron chi connectivity index (χ1n) is 8.07. The Labute approximate surface area is 153 Å². The quantitative estimate of drug-likeness (QED) is 0.749. The Balaban J connectivity index is 1.51. The number of ether oxygens (including phenoxy) is 2. The number of nitrogens with zero attached hydrogens (tertiary/aromatic N) is 5. The van der Waals surface area contributed by atoms with Crippen LogP contribution in [0.5, 0.6) is 11.5 Å². The predicted octanol–water partition coefficient (Wildman–Crippen LogP) is 2.27. The number of amides is 1. The zero-order valence-electron chi connectivity index (χ0n) is 14.2. The average molecular weight is 372 g/mol. The van der Waals surface area contributed by atoms with Gasteiger partial charge in [-0.05, 0) is 12.1 Å². The number of anilines is 1. The number of aromatic nitrogens is 5. The van der Waals surface area contributed by atoms with Crippen LogP contribution in [0.4, 0.5) is 5.13 Å². The van der Waals surface area contributed by atoms with Gasteiger partial charge in [-0.15, -0.1) is 15.3 Å². The van der Waals surface area contributed by atoms with Crippen molar-refractivity contribution in [2.45, 2.75) is 19.8 Å². The lowest BCUT2D eigenvalue weighted by atomic mass is 10.2. The fraction of sp³-hybridized carbons (Fsp3) is 0.312. The molecule has 2 aromatic heterocycles. The maximum Gasteiger partial charge on any atom is 0.279 e. The molecule has 1 N–H and O–H groups in total. The first-order chi connectivity index (χ1) is 12.6. The molecule has 26 heavy (non-hydrogen) atoms. The lowest BCUT2D eigenvalue weighted by molar-refractivity contribution is 0.102. The number of fused-ring (bicyclic) bond motifs is 1. The van der Waals surface area contributed by atoms with E-state index < -0.39 is 0 Å². The Morgan fingerprint density at radius 1 is 1.19 bits per heavy atom. The van der Waals surface area contributed by atoms with Crippen LogP contribution in [0.15, 0.2) is 24.4 Å². The highest BCUT2D eigenvalue weighted by atomic mass is 32.1. The molecule has 0 fully saturated rings. The number of hydrogen-bond acceptors (Lipinski definition) is 8. The highest BCUT2D eigenvalue weighted by Gasteiger charge is 2.17. The lowest BCUT2D eigenvalue weighted by Gasteiger charge is -2.18. The topological polar surface area (TPSA) is 104 Å². The van der Waals surface area contributed by atoms with E-state index in [4.69, 9.17) is 9.47 Å². The van der Waals surface area contributed by atoms with Crippen LogP contribution in [0, 0.1) is 0 Å². The molecule has 0 atom stereocenters. The number of nitrogens with one attached hydrogen (secondary N) is 1. The standard InChI is InChI=1S/C16H16N6O3S/c1-9(2)15-19-20-16(26-15)17-14(23)11-8-22(21-18-11)10-3-4-12-13(7-10)25-6-5-24-12/h3-4,7-9H,5-6H2,1-2H3,(H,17,20,23). The Morgan fingerprint density at radius 3 is 2.77 bits per heavy atom. The molecular weight excluding hydrogens is 356 g/mol. The second kappa shape index (κ2) is 6.71. The van der Waals surface area contributed by atoms with Crippen LogP contribution in [-0.4, -0.2) is 44.3 Å².